The third kappa shape index (κ3) is 2.98. The molecule has 19 heavy (non-hydrogen) atoms. The van der Waals surface area contributed by atoms with Crippen LogP contribution >= 0.6 is 27.5 Å². The molecule has 0 aromatic heterocycles. The van der Waals surface area contributed by atoms with Gasteiger partial charge in [-0.1, -0.05) is 51.3 Å². The number of hydrogen-bond donors (Lipinski definition) is 0. The smallest absolute Gasteiger partial charge is 0.127 e. The molecule has 1 unspecified atom stereocenters. The standard InChI is InChI=1S/C15H12BrClF2/c1-8-3-4-13(18)11(5-8)15(16)10-6-9(2)14(19)7-12(10)17/h3-7,15H,1-2H3. The minimum absolute atomic E-state index is 0.283. The van der Waals surface area contributed by atoms with Crippen LogP contribution in [0.15, 0.2) is 30.3 Å². The fourth-order valence-corrected chi connectivity index (χ4v) is 3.02. The molecule has 0 heterocycles. The quantitative estimate of drug-likeness (QED) is 0.611. The molecule has 4 heteroatoms. The zero-order valence-electron chi connectivity index (χ0n) is 10.5. The molecule has 0 N–H and O–H groups in total. The first kappa shape index (κ1) is 14.5. The molecule has 2 aromatic rings. The van der Waals surface area contributed by atoms with Gasteiger partial charge in [0.1, 0.15) is 11.6 Å². The molecule has 0 bridgehead atoms. The van der Waals surface area contributed by atoms with Gasteiger partial charge in [0.05, 0.1) is 4.83 Å². The van der Waals surface area contributed by atoms with Gasteiger partial charge in [-0.3, -0.25) is 0 Å². The second-order valence-corrected chi connectivity index (χ2v) is 5.83. The van der Waals surface area contributed by atoms with Crippen molar-refractivity contribution >= 4 is 27.5 Å². The minimum Gasteiger partial charge on any atom is -0.207 e. The highest BCUT2D eigenvalue weighted by Gasteiger charge is 2.19. The molecule has 0 spiro atoms. The van der Waals surface area contributed by atoms with E-state index in [2.05, 4.69) is 15.9 Å². The second kappa shape index (κ2) is 5.59. The third-order valence-electron chi connectivity index (χ3n) is 2.98. The second-order valence-electron chi connectivity index (χ2n) is 4.51. The van der Waals surface area contributed by atoms with Crippen molar-refractivity contribution in [3.05, 3.63) is 69.2 Å². The monoisotopic (exact) mass is 344 g/mol. The summed E-state index contributed by atoms with van der Waals surface area (Å²) in [4.78, 5) is -0.404. The molecule has 100 valence electrons. The maximum atomic E-state index is 13.9. The Morgan fingerprint density at radius 2 is 1.68 bits per heavy atom. The Bertz CT molecular complexity index is 626. The van der Waals surface area contributed by atoms with Crippen molar-refractivity contribution in [2.45, 2.75) is 18.7 Å². The summed E-state index contributed by atoms with van der Waals surface area (Å²) in [5.41, 5.74) is 2.59. The molecule has 0 radical (unpaired) electrons. The lowest BCUT2D eigenvalue weighted by molar-refractivity contribution is 0.611. The number of rotatable bonds is 2. The molecule has 1 atom stereocenters. The van der Waals surface area contributed by atoms with E-state index in [1.54, 1.807) is 25.1 Å². The summed E-state index contributed by atoms with van der Waals surface area (Å²) < 4.78 is 27.3. The van der Waals surface area contributed by atoms with Crippen molar-refractivity contribution in [2.24, 2.45) is 0 Å². The first-order chi connectivity index (χ1) is 8.90. The lowest BCUT2D eigenvalue weighted by Crippen LogP contribution is -2.00. The molecule has 0 aliphatic rings. The Balaban J connectivity index is 2.52. The Morgan fingerprint density at radius 3 is 2.37 bits per heavy atom. The summed E-state index contributed by atoms with van der Waals surface area (Å²) in [7, 11) is 0. The van der Waals surface area contributed by atoms with Crippen molar-refractivity contribution in [3.8, 4) is 0 Å². The highest BCUT2D eigenvalue weighted by molar-refractivity contribution is 9.09. The van der Waals surface area contributed by atoms with Crippen molar-refractivity contribution in [1.29, 1.82) is 0 Å². The Labute approximate surface area is 124 Å². The van der Waals surface area contributed by atoms with Gasteiger partial charge >= 0.3 is 0 Å². The van der Waals surface area contributed by atoms with Crippen LogP contribution in [0.5, 0.6) is 0 Å². The largest absolute Gasteiger partial charge is 0.207 e. The van der Waals surface area contributed by atoms with E-state index in [0.717, 1.165) is 5.56 Å². The maximum Gasteiger partial charge on any atom is 0.127 e. The molecule has 2 rings (SSSR count). The van der Waals surface area contributed by atoms with E-state index in [0.29, 0.717) is 16.7 Å². The van der Waals surface area contributed by atoms with Crippen molar-refractivity contribution < 1.29 is 8.78 Å². The first-order valence-corrected chi connectivity index (χ1v) is 7.05. The lowest BCUT2D eigenvalue weighted by Gasteiger charge is -2.15. The summed E-state index contributed by atoms with van der Waals surface area (Å²) in [6, 6.07) is 7.77. The number of halogens is 4. The Kier molecular flexibility index (Phi) is 4.26. The van der Waals surface area contributed by atoms with E-state index < -0.39 is 4.83 Å². The van der Waals surface area contributed by atoms with E-state index in [9.17, 15) is 8.78 Å². The van der Waals surface area contributed by atoms with Crippen LogP contribution in [-0.2, 0) is 0 Å². The van der Waals surface area contributed by atoms with Gasteiger partial charge in [-0.05, 0) is 37.1 Å². The van der Waals surface area contributed by atoms with Gasteiger partial charge in [-0.25, -0.2) is 8.78 Å². The summed E-state index contributed by atoms with van der Waals surface area (Å²) in [6.45, 7) is 3.54. The summed E-state index contributed by atoms with van der Waals surface area (Å²) in [6.07, 6.45) is 0. The summed E-state index contributed by atoms with van der Waals surface area (Å²) in [5.74, 6) is -0.677. The highest BCUT2D eigenvalue weighted by Crippen LogP contribution is 2.37. The first-order valence-electron chi connectivity index (χ1n) is 5.76. The van der Waals surface area contributed by atoms with E-state index in [1.807, 2.05) is 6.92 Å². The zero-order chi connectivity index (χ0) is 14.2. The molecular formula is C15H12BrClF2. The minimum atomic E-state index is -0.404. The van der Waals surface area contributed by atoms with Gasteiger partial charge in [0.15, 0.2) is 0 Å². The van der Waals surface area contributed by atoms with Gasteiger partial charge in [-0.2, -0.15) is 0 Å². The fraction of sp³-hybridized carbons (Fsp3) is 0.200. The highest BCUT2D eigenvalue weighted by atomic mass is 79.9. The molecule has 0 amide bonds. The van der Waals surface area contributed by atoms with Gasteiger partial charge in [0, 0.05) is 10.6 Å². The number of hydrogen-bond acceptors (Lipinski definition) is 0. The molecule has 0 aliphatic heterocycles. The number of benzene rings is 2. The molecular weight excluding hydrogens is 334 g/mol. The van der Waals surface area contributed by atoms with Crippen LogP contribution in [0.25, 0.3) is 0 Å². The van der Waals surface area contributed by atoms with Crippen LogP contribution in [0.4, 0.5) is 8.78 Å². The SMILES string of the molecule is Cc1ccc(F)c(C(Br)c2cc(C)c(F)cc2Cl)c1. The molecule has 2 aromatic carbocycles. The average molecular weight is 346 g/mol. The Morgan fingerprint density at radius 1 is 1.00 bits per heavy atom. The van der Waals surface area contributed by atoms with E-state index in [-0.39, 0.29) is 16.7 Å². The third-order valence-corrected chi connectivity index (χ3v) is 4.29. The predicted molar refractivity (Wildman–Crippen MR) is 78.1 cm³/mol. The van der Waals surface area contributed by atoms with Gasteiger partial charge in [0.25, 0.3) is 0 Å². The van der Waals surface area contributed by atoms with Gasteiger partial charge in [0.2, 0.25) is 0 Å². The van der Waals surface area contributed by atoms with Crippen molar-refractivity contribution in [1.82, 2.24) is 0 Å². The number of alkyl halides is 1. The maximum absolute atomic E-state index is 13.9. The normalized spacial score (nSPS) is 12.5. The van der Waals surface area contributed by atoms with Crippen LogP contribution in [-0.4, -0.2) is 0 Å². The number of aryl methyl sites for hydroxylation is 2. The molecule has 0 fully saturated rings. The van der Waals surface area contributed by atoms with Crippen LogP contribution < -0.4 is 0 Å². The fourth-order valence-electron chi connectivity index (χ4n) is 1.90. The van der Waals surface area contributed by atoms with E-state index >= 15 is 0 Å². The van der Waals surface area contributed by atoms with Crippen molar-refractivity contribution in [3.63, 3.8) is 0 Å². The Hall–Kier alpha value is -0.930. The van der Waals surface area contributed by atoms with Crippen LogP contribution in [0.1, 0.15) is 27.1 Å². The summed E-state index contributed by atoms with van der Waals surface area (Å²) >= 11 is 9.49. The molecule has 0 saturated heterocycles. The van der Waals surface area contributed by atoms with Crippen LogP contribution in [0.3, 0.4) is 0 Å². The zero-order valence-corrected chi connectivity index (χ0v) is 12.8. The van der Waals surface area contributed by atoms with Crippen molar-refractivity contribution in [2.75, 3.05) is 0 Å². The predicted octanol–water partition coefficient (Wildman–Crippen LogP) is 5.72. The average Bonchev–Trinajstić information content (AvgIpc) is 2.36. The molecule has 0 saturated carbocycles. The van der Waals surface area contributed by atoms with Crippen LogP contribution in [0, 0.1) is 25.5 Å². The van der Waals surface area contributed by atoms with Gasteiger partial charge in [-0.15, -0.1) is 0 Å². The topological polar surface area (TPSA) is 0 Å². The van der Waals surface area contributed by atoms with E-state index in [4.69, 9.17) is 11.6 Å². The lowest BCUT2D eigenvalue weighted by atomic mass is 10.0. The molecule has 0 aliphatic carbocycles. The van der Waals surface area contributed by atoms with Gasteiger partial charge < -0.3 is 0 Å². The van der Waals surface area contributed by atoms with E-state index in [1.165, 1.54) is 12.1 Å². The molecule has 0 nitrogen and oxygen atoms in total. The van der Waals surface area contributed by atoms with Crippen LogP contribution in [0.2, 0.25) is 5.02 Å². The summed E-state index contributed by atoms with van der Waals surface area (Å²) in [5, 5.41) is 0.283.